The molecule has 0 aliphatic rings. The molecule has 0 aromatic heterocycles. The second-order valence-electron chi connectivity index (χ2n) is 3.91. The van der Waals surface area contributed by atoms with Gasteiger partial charge >= 0.3 is 0 Å². The number of thioether (sulfide) groups is 1. The first kappa shape index (κ1) is 14.5. The summed E-state index contributed by atoms with van der Waals surface area (Å²) in [4.78, 5) is -0.882. The molecule has 0 bridgehead atoms. The van der Waals surface area contributed by atoms with Crippen LogP contribution in [-0.2, 0) is 0 Å². The molecule has 0 rings (SSSR count). The van der Waals surface area contributed by atoms with Gasteiger partial charge in [-0.3, -0.25) is 0 Å². The quantitative estimate of drug-likeness (QED) is 0.663. The van der Waals surface area contributed by atoms with Crippen LogP contribution in [0, 0.1) is 0 Å². The first-order valence-electron chi connectivity index (χ1n) is 3.86. The number of halogens is 4. The molecule has 0 amide bonds. The molecule has 13 heavy (non-hydrogen) atoms. The maximum Gasteiger partial charge on any atom is 0.121 e. The highest BCUT2D eigenvalue weighted by Gasteiger charge is 2.37. The van der Waals surface area contributed by atoms with E-state index < -0.39 is 9.67 Å². The molecule has 0 nitrogen and oxygen atoms in total. The lowest BCUT2D eigenvalue weighted by molar-refractivity contribution is 0.713. The van der Waals surface area contributed by atoms with Crippen LogP contribution in [0.3, 0.4) is 0 Å². The average molecular weight is 284 g/mol. The topological polar surface area (TPSA) is 0 Å². The van der Waals surface area contributed by atoms with Crippen molar-refractivity contribution in [3.8, 4) is 0 Å². The van der Waals surface area contributed by atoms with Crippen molar-refractivity contribution in [1.29, 1.82) is 0 Å². The maximum absolute atomic E-state index is 5.84. The van der Waals surface area contributed by atoms with Crippen LogP contribution in [0.5, 0.6) is 0 Å². The third-order valence-corrected chi connectivity index (χ3v) is 5.80. The summed E-state index contributed by atoms with van der Waals surface area (Å²) in [5, 5.41) is 0. The Morgan fingerprint density at radius 1 is 0.769 bits per heavy atom. The zero-order valence-corrected chi connectivity index (χ0v) is 11.9. The summed E-state index contributed by atoms with van der Waals surface area (Å²) in [6, 6.07) is 0. The normalized spacial score (nSPS) is 14.3. The minimum Gasteiger partial charge on any atom is -0.144 e. The summed E-state index contributed by atoms with van der Waals surface area (Å²) in [6.07, 6.45) is 0. The Morgan fingerprint density at radius 2 is 1.00 bits per heavy atom. The van der Waals surface area contributed by atoms with E-state index in [9.17, 15) is 0 Å². The van der Waals surface area contributed by atoms with Crippen molar-refractivity contribution >= 4 is 58.2 Å². The lowest BCUT2D eigenvalue weighted by Crippen LogP contribution is -2.35. The van der Waals surface area contributed by atoms with Crippen molar-refractivity contribution in [2.45, 2.75) is 46.9 Å². The molecule has 0 unspecified atom stereocenters. The Bertz CT molecular complexity index is 148. The Labute approximate surface area is 105 Å². The van der Waals surface area contributed by atoms with E-state index in [0.29, 0.717) is 0 Å². The summed E-state index contributed by atoms with van der Waals surface area (Å²) >= 11 is 24.9. The Morgan fingerprint density at radius 3 is 1.15 bits per heavy atom. The third-order valence-electron chi connectivity index (χ3n) is 1.58. The van der Waals surface area contributed by atoms with E-state index in [1.165, 1.54) is 0 Å². The van der Waals surface area contributed by atoms with Crippen LogP contribution in [0.25, 0.3) is 0 Å². The summed E-state index contributed by atoms with van der Waals surface area (Å²) in [5.41, 5.74) is 0. The van der Waals surface area contributed by atoms with Gasteiger partial charge in [-0.2, -0.15) is 0 Å². The molecule has 0 atom stereocenters. The zero-order chi connectivity index (χ0) is 10.9. The molecule has 0 heterocycles. The molecule has 0 aromatic carbocycles. The first-order chi connectivity index (χ1) is 5.59. The SMILES string of the molecule is CC(C)(SC(C)(C)C(Cl)Cl)C(Cl)Cl. The van der Waals surface area contributed by atoms with E-state index in [-0.39, 0.29) is 9.49 Å². The van der Waals surface area contributed by atoms with Gasteiger partial charge in [0.15, 0.2) is 0 Å². The summed E-state index contributed by atoms with van der Waals surface area (Å²) in [6.45, 7) is 7.89. The fourth-order valence-corrected chi connectivity index (χ4v) is 2.84. The predicted molar refractivity (Wildman–Crippen MR) is 66.7 cm³/mol. The molecule has 0 aromatic rings. The molecule has 0 N–H and O–H groups in total. The van der Waals surface area contributed by atoms with Gasteiger partial charge in [0.1, 0.15) is 9.67 Å². The molecule has 0 radical (unpaired) electrons. The van der Waals surface area contributed by atoms with Gasteiger partial charge in [-0.15, -0.1) is 58.2 Å². The molecule has 0 fully saturated rings. The fraction of sp³-hybridized carbons (Fsp3) is 1.00. The molecule has 5 heteroatoms. The van der Waals surface area contributed by atoms with E-state index in [4.69, 9.17) is 46.4 Å². The summed E-state index contributed by atoms with van der Waals surface area (Å²) in [7, 11) is 0. The van der Waals surface area contributed by atoms with Gasteiger partial charge in [0.2, 0.25) is 0 Å². The van der Waals surface area contributed by atoms with Crippen molar-refractivity contribution in [2.75, 3.05) is 0 Å². The molecule has 0 aliphatic carbocycles. The second-order valence-corrected chi connectivity index (χ2v) is 8.41. The van der Waals surface area contributed by atoms with E-state index in [0.717, 1.165) is 0 Å². The van der Waals surface area contributed by atoms with Gasteiger partial charge < -0.3 is 0 Å². The van der Waals surface area contributed by atoms with Crippen molar-refractivity contribution in [3.63, 3.8) is 0 Å². The molecular weight excluding hydrogens is 270 g/mol. The predicted octanol–water partition coefficient (Wildman–Crippen LogP) is 4.88. The lowest BCUT2D eigenvalue weighted by Gasteiger charge is -2.36. The first-order valence-corrected chi connectivity index (χ1v) is 6.42. The number of hydrogen-bond acceptors (Lipinski definition) is 1. The minimum absolute atomic E-state index is 0.255. The molecular formula is C8H14Cl4S. The van der Waals surface area contributed by atoms with Crippen LogP contribution in [0.15, 0.2) is 0 Å². The Balaban J connectivity index is 4.42. The van der Waals surface area contributed by atoms with Gasteiger partial charge in [-0.1, -0.05) is 0 Å². The summed E-state index contributed by atoms with van der Waals surface area (Å²) in [5.74, 6) is 0. The average Bonchev–Trinajstić information content (AvgIpc) is 1.83. The molecule has 0 aliphatic heterocycles. The molecule has 0 spiro atoms. The van der Waals surface area contributed by atoms with E-state index in [1.54, 1.807) is 11.8 Å². The van der Waals surface area contributed by atoms with Crippen LogP contribution in [-0.4, -0.2) is 19.2 Å². The zero-order valence-electron chi connectivity index (χ0n) is 8.07. The highest BCUT2D eigenvalue weighted by molar-refractivity contribution is 8.02. The number of rotatable bonds is 4. The standard InChI is InChI=1S/C8H14Cl4S/c1-7(2,5(9)10)13-8(3,4)6(11)12/h5-6H,1-4H3. The smallest absolute Gasteiger partial charge is 0.121 e. The van der Waals surface area contributed by atoms with Crippen LogP contribution in [0.2, 0.25) is 0 Å². The Hall–Kier alpha value is 1.51. The van der Waals surface area contributed by atoms with Gasteiger partial charge in [0.25, 0.3) is 0 Å². The van der Waals surface area contributed by atoms with Gasteiger partial charge in [-0.05, 0) is 27.7 Å². The van der Waals surface area contributed by atoms with Crippen LogP contribution >= 0.6 is 58.2 Å². The third kappa shape index (κ3) is 4.70. The largest absolute Gasteiger partial charge is 0.144 e. The Kier molecular flexibility index (Phi) is 5.61. The number of hydrogen-bond donors (Lipinski definition) is 0. The highest BCUT2D eigenvalue weighted by Crippen LogP contribution is 2.45. The molecule has 0 saturated carbocycles. The second kappa shape index (κ2) is 5.03. The summed E-state index contributed by atoms with van der Waals surface area (Å²) < 4.78 is -0.511. The van der Waals surface area contributed by atoms with E-state index in [1.807, 2.05) is 27.7 Å². The van der Waals surface area contributed by atoms with E-state index >= 15 is 0 Å². The number of alkyl halides is 4. The van der Waals surface area contributed by atoms with Crippen molar-refractivity contribution in [2.24, 2.45) is 0 Å². The maximum atomic E-state index is 5.84. The monoisotopic (exact) mass is 282 g/mol. The highest BCUT2D eigenvalue weighted by atomic mass is 35.5. The minimum atomic E-state index is -0.441. The van der Waals surface area contributed by atoms with Gasteiger partial charge in [0, 0.05) is 9.49 Å². The van der Waals surface area contributed by atoms with Gasteiger partial charge in [0.05, 0.1) is 0 Å². The van der Waals surface area contributed by atoms with Crippen molar-refractivity contribution < 1.29 is 0 Å². The van der Waals surface area contributed by atoms with Crippen molar-refractivity contribution in [1.82, 2.24) is 0 Å². The van der Waals surface area contributed by atoms with Crippen LogP contribution < -0.4 is 0 Å². The van der Waals surface area contributed by atoms with Crippen LogP contribution in [0.1, 0.15) is 27.7 Å². The molecule has 80 valence electrons. The molecule has 0 saturated heterocycles. The van der Waals surface area contributed by atoms with Crippen molar-refractivity contribution in [3.05, 3.63) is 0 Å². The van der Waals surface area contributed by atoms with E-state index in [2.05, 4.69) is 0 Å². The fourth-order valence-electron chi connectivity index (χ4n) is 0.767. The van der Waals surface area contributed by atoms with Gasteiger partial charge in [-0.25, -0.2) is 0 Å². The van der Waals surface area contributed by atoms with Crippen LogP contribution in [0.4, 0.5) is 0 Å². The lowest BCUT2D eigenvalue weighted by atomic mass is 10.2.